The monoisotopic (exact) mass is 294 g/mol. The van der Waals surface area contributed by atoms with E-state index >= 15 is 0 Å². The van der Waals surface area contributed by atoms with E-state index in [2.05, 4.69) is 0 Å². The topological polar surface area (TPSA) is 55.6 Å². The van der Waals surface area contributed by atoms with Gasteiger partial charge in [-0.15, -0.1) is 0 Å². The van der Waals surface area contributed by atoms with Crippen LogP contribution in [0.1, 0.15) is 30.5 Å². The number of nitrogens with two attached hydrogens (primary N) is 1. The molecule has 0 saturated heterocycles. The molecular weight excluding hydrogens is 272 g/mol. The fraction of sp³-hybridized carbons (Fsp3) is 0.467. The summed E-state index contributed by atoms with van der Waals surface area (Å²) < 4.78 is 5.66. The number of carbonyl (C=O) groups is 1. The van der Waals surface area contributed by atoms with Gasteiger partial charge in [0.1, 0.15) is 10.7 Å². The predicted octanol–water partition coefficient (Wildman–Crippen LogP) is 2.18. The van der Waals surface area contributed by atoms with Crippen LogP contribution in [0.4, 0.5) is 0 Å². The van der Waals surface area contributed by atoms with Crippen LogP contribution in [0.2, 0.25) is 0 Å². The lowest BCUT2D eigenvalue weighted by atomic mass is 10.1. The summed E-state index contributed by atoms with van der Waals surface area (Å²) in [5, 5.41) is 0. The van der Waals surface area contributed by atoms with Gasteiger partial charge in [-0.3, -0.25) is 4.79 Å². The Kier molecular flexibility index (Phi) is 5.51. The summed E-state index contributed by atoms with van der Waals surface area (Å²) in [7, 11) is 1.77. The van der Waals surface area contributed by atoms with E-state index in [0.717, 1.165) is 22.4 Å². The number of ether oxygens (including phenoxy) is 1. The molecule has 0 spiro atoms. The molecular formula is C15H22N2O2S. The second kappa shape index (κ2) is 6.70. The van der Waals surface area contributed by atoms with E-state index in [4.69, 9.17) is 22.7 Å². The van der Waals surface area contributed by atoms with E-state index in [1.54, 1.807) is 11.9 Å². The summed E-state index contributed by atoms with van der Waals surface area (Å²) in [4.78, 5) is 13.9. The van der Waals surface area contributed by atoms with Crippen molar-refractivity contribution in [1.29, 1.82) is 0 Å². The van der Waals surface area contributed by atoms with E-state index in [-0.39, 0.29) is 18.6 Å². The maximum absolute atomic E-state index is 11.9. The molecule has 110 valence electrons. The average molecular weight is 294 g/mol. The zero-order chi connectivity index (χ0) is 15.4. The van der Waals surface area contributed by atoms with Crippen molar-refractivity contribution in [2.24, 2.45) is 5.73 Å². The number of amides is 1. The SMILES string of the molecule is Cc1cc(C(N)=S)cc(C)c1OCC(=O)N(C)C(C)C. The largest absolute Gasteiger partial charge is 0.483 e. The lowest BCUT2D eigenvalue weighted by molar-refractivity contribution is -0.133. The maximum Gasteiger partial charge on any atom is 0.260 e. The van der Waals surface area contributed by atoms with Crippen molar-refractivity contribution < 1.29 is 9.53 Å². The van der Waals surface area contributed by atoms with Crippen LogP contribution in [0.15, 0.2) is 12.1 Å². The zero-order valence-electron chi connectivity index (χ0n) is 12.7. The number of rotatable bonds is 5. The Morgan fingerprint density at radius 1 is 1.35 bits per heavy atom. The molecule has 0 aliphatic carbocycles. The molecule has 0 heterocycles. The Bertz CT molecular complexity index is 504. The molecule has 20 heavy (non-hydrogen) atoms. The highest BCUT2D eigenvalue weighted by atomic mass is 32.1. The number of carbonyl (C=O) groups excluding carboxylic acids is 1. The van der Waals surface area contributed by atoms with E-state index in [9.17, 15) is 4.79 Å². The number of nitrogens with zero attached hydrogens (tertiary/aromatic N) is 1. The van der Waals surface area contributed by atoms with Crippen LogP contribution >= 0.6 is 12.2 Å². The van der Waals surface area contributed by atoms with Crippen molar-refractivity contribution in [2.45, 2.75) is 33.7 Å². The number of hydrogen-bond donors (Lipinski definition) is 1. The molecule has 0 aliphatic heterocycles. The first kappa shape index (κ1) is 16.4. The molecule has 1 rings (SSSR count). The molecule has 0 bridgehead atoms. The van der Waals surface area contributed by atoms with Crippen LogP contribution in [-0.2, 0) is 4.79 Å². The van der Waals surface area contributed by atoms with Gasteiger partial charge < -0.3 is 15.4 Å². The quantitative estimate of drug-likeness (QED) is 0.846. The summed E-state index contributed by atoms with van der Waals surface area (Å²) in [6, 6.07) is 3.91. The molecule has 0 radical (unpaired) electrons. The number of likely N-dealkylation sites (N-methyl/N-ethyl adjacent to an activating group) is 1. The van der Waals surface area contributed by atoms with Gasteiger partial charge in [-0.1, -0.05) is 12.2 Å². The van der Waals surface area contributed by atoms with Gasteiger partial charge in [0.05, 0.1) is 0 Å². The van der Waals surface area contributed by atoms with Gasteiger partial charge in [-0.25, -0.2) is 0 Å². The highest BCUT2D eigenvalue weighted by Gasteiger charge is 2.14. The molecule has 2 N–H and O–H groups in total. The lowest BCUT2D eigenvalue weighted by Gasteiger charge is -2.22. The summed E-state index contributed by atoms with van der Waals surface area (Å²) in [6.07, 6.45) is 0. The zero-order valence-corrected chi connectivity index (χ0v) is 13.5. The van der Waals surface area contributed by atoms with Gasteiger partial charge in [0.2, 0.25) is 0 Å². The lowest BCUT2D eigenvalue weighted by Crippen LogP contribution is -2.36. The molecule has 1 aromatic carbocycles. The third-order valence-electron chi connectivity index (χ3n) is 3.25. The van der Waals surface area contributed by atoms with Gasteiger partial charge in [0, 0.05) is 18.7 Å². The van der Waals surface area contributed by atoms with E-state index in [1.807, 2.05) is 39.8 Å². The summed E-state index contributed by atoms with van der Waals surface area (Å²) in [5.41, 5.74) is 8.29. The van der Waals surface area contributed by atoms with Crippen LogP contribution in [0.3, 0.4) is 0 Å². The third-order valence-corrected chi connectivity index (χ3v) is 3.49. The van der Waals surface area contributed by atoms with Crippen LogP contribution in [0, 0.1) is 13.8 Å². The molecule has 5 heteroatoms. The number of aryl methyl sites for hydroxylation is 2. The van der Waals surface area contributed by atoms with Crippen LogP contribution in [0.5, 0.6) is 5.75 Å². The number of thiocarbonyl (C=S) groups is 1. The van der Waals surface area contributed by atoms with Crippen LogP contribution < -0.4 is 10.5 Å². The molecule has 0 fully saturated rings. The van der Waals surface area contributed by atoms with Crippen LogP contribution in [0.25, 0.3) is 0 Å². The second-order valence-electron chi connectivity index (χ2n) is 5.19. The molecule has 0 aliphatic rings. The summed E-state index contributed by atoms with van der Waals surface area (Å²) in [5.74, 6) is 0.674. The van der Waals surface area contributed by atoms with Gasteiger partial charge >= 0.3 is 0 Å². The average Bonchev–Trinajstić information content (AvgIpc) is 2.35. The summed E-state index contributed by atoms with van der Waals surface area (Å²) >= 11 is 4.97. The van der Waals surface area contributed by atoms with Gasteiger partial charge in [0.25, 0.3) is 5.91 Å². The highest BCUT2D eigenvalue weighted by Crippen LogP contribution is 2.25. The number of hydrogen-bond acceptors (Lipinski definition) is 3. The molecule has 1 aromatic rings. The first-order valence-electron chi connectivity index (χ1n) is 6.53. The van der Waals surface area contributed by atoms with E-state index < -0.39 is 0 Å². The van der Waals surface area contributed by atoms with Crippen molar-refractivity contribution in [3.8, 4) is 5.75 Å². The Hall–Kier alpha value is -1.62. The fourth-order valence-electron chi connectivity index (χ4n) is 1.84. The first-order chi connectivity index (χ1) is 9.23. The minimum atomic E-state index is -0.0442. The van der Waals surface area contributed by atoms with E-state index in [1.165, 1.54) is 0 Å². The second-order valence-corrected chi connectivity index (χ2v) is 5.63. The fourth-order valence-corrected chi connectivity index (χ4v) is 1.96. The Labute approximate surface area is 125 Å². The standard InChI is InChI=1S/C15H22N2O2S/c1-9(2)17(5)13(18)8-19-14-10(3)6-12(15(16)20)7-11(14)4/h6-7,9H,8H2,1-5H3,(H2,16,20). The molecule has 1 amide bonds. The Morgan fingerprint density at radius 3 is 2.25 bits per heavy atom. The molecule has 0 aromatic heterocycles. The van der Waals surface area contributed by atoms with Crippen molar-refractivity contribution in [3.63, 3.8) is 0 Å². The first-order valence-corrected chi connectivity index (χ1v) is 6.94. The van der Waals surface area contributed by atoms with Crippen molar-refractivity contribution in [1.82, 2.24) is 4.90 Å². The minimum Gasteiger partial charge on any atom is -0.483 e. The molecule has 0 saturated carbocycles. The van der Waals surface area contributed by atoms with Crippen molar-refractivity contribution in [2.75, 3.05) is 13.7 Å². The smallest absolute Gasteiger partial charge is 0.260 e. The minimum absolute atomic E-state index is 0.0305. The third kappa shape index (κ3) is 3.93. The van der Waals surface area contributed by atoms with E-state index in [0.29, 0.717) is 4.99 Å². The molecule has 0 atom stereocenters. The predicted molar refractivity (Wildman–Crippen MR) is 85.2 cm³/mol. The Morgan fingerprint density at radius 2 is 1.85 bits per heavy atom. The van der Waals surface area contributed by atoms with Gasteiger partial charge in [0.15, 0.2) is 6.61 Å². The van der Waals surface area contributed by atoms with Crippen molar-refractivity contribution >= 4 is 23.1 Å². The van der Waals surface area contributed by atoms with Crippen molar-refractivity contribution in [3.05, 3.63) is 28.8 Å². The molecule has 0 unspecified atom stereocenters. The van der Waals surface area contributed by atoms with Gasteiger partial charge in [-0.05, 0) is 51.0 Å². The van der Waals surface area contributed by atoms with Gasteiger partial charge in [-0.2, -0.15) is 0 Å². The highest BCUT2D eigenvalue weighted by molar-refractivity contribution is 7.80. The maximum atomic E-state index is 11.9. The summed E-state index contributed by atoms with van der Waals surface area (Å²) in [6.45, 7) is 7.79. The van der Waals surface area contributed by atoms with Crippen LogP contribution in [-0.4, -0.2) is 35.5 Å². The molecule has 4 nitrogen and oxygen atoms in total. The normalized spacial score (nSPS) is 10.5. The Balaban J connectivity index is 2.84. The number of benzene rings is 1.